The fourth-order valence-corrected chi connectivity index (χ4v) is 3.61. The number of hydrogen-bond donors (Lipinski definition) is 1. The van der Waals surface area contributed by atoms with E-state index < -0.39 is 0 Å². The van der Waals surface area contributed by atoms with Crippen LogP contribution >= 0.6 is 0 Å². The third-order valence-electron chi connectivity index (χ3n) is 5.11. The molecular formula is C22H27N5O2. The van der Waals surface area contributed by atoms with E-state index in [1.54, 1.807) is 0 Å². The Bertz CT molecular complexity index is 1080. The molecule has 0 spiro atoms. The summed E-state index contributed by atoms with van der Waals surface area (Å²) in [4.78, 5) is 18.7. The highest BCUT2D eigenvalue weighted by Gasteiger charge is 2.21. The van der Waals surface area contributed by atoms with Gasteiger partial charge in [0.05, 0.1) is 23.7 Å². The predicted molar refractivity (Wildman–Crippen MR) is 114 cm³/mol. The number of pyridine rings is 1. The number of aromatic nitrogens is 2. The van der Waals surface area contributed by atoms with E-state index in [4.69, 9.17) is 9.72 Å². The second-order valence-corrected chi connectivity index (χ2v) is 7.36. The van der Waals surface area contributed by atoms with Gasteiger partial charge in [0.15, 0.2) is 5.65 Å². The Balaban J connectivity index is 2.17. The molecule has 0 amide bonds. The average Bonchev–Trinajstić information content (AvgIpc) is 3.09. The number of nitrogens with one attached hydrogen (secondary N) is 1. The molecule has 2 aromatic heterocycles. The Morgan fingerprint density at radius 1 is 1.34 bits per heavy atom. The van der Waals surface area contributed by atoms with Gasteiger partial charge in [0.2, 0.25) is 0 Å². The number of rotatable bonds is 8. The lowest BCUT2D eigenvalue weighted by Crippen LogP contribution is -2.18. The van der Waals surface area contributed by atoms with Crippen LogP contribution in [-0.2, 0) is 16.0 Å². The maximum absolute atomic E-state index is 11.8. The van der Waals surface area contributed by atoms with Gasteiger partial charge >= 0.3 is 5.97 Å². The molecule has 152 valence electrons. The zero-order valence-corrected chi connectivity index (χ0v) is 17.5. The number of fused-ring (bicyclic) bond motifs is 3. The molecular weight excluding hydrogens is 366 g/mol. The van der Waals surface area contributed by atoms with Crippen LogP contribution in [0.5, 0.6) is 0 Å². The van der Waals surface area contributed by atoms with E-state index in [9.17, 15) is 10.1 Å². The number of para-hydroxylation sites is 2. The number of methoxy groups -OCH3 is 1. The van der Waals surface area contributed by atoms with Crippen LogP contribution in [0.15, 0.2) is 24.3 Å². The number of ether oxygens (including phenoxy) is 1. The van der Waals surface area contributed by atoms with Gasteiger partial charge in [0, 0.05) is 13.0 Å². The number of imidazole rings is 1. The van der Waals surface area contributed by atoms with Crippen LogP contribution in [0.25, 0.3) is 16.7 Å². The quantitative estimate of drug-likeness (QED) is 0.468. The Morgan fingerprint density at radius 3 is 2.79 bits per heavy atom. The minimum absolute atomic E-state index is 0.257. The number of carbonyl (C=O) groups excluding carboxylic acids is 1. The summed E-state index contributed by atoms with van der Waals surface area (Å²) in [5.41, 5.74) is 4.77. The van der Waals surface area contributed by atoms with Gasteiger partial charge in [-0.3, -0.25) is 9.20 Å². The minimum atomic E-state index is -0.267. The van der Waals surface area contributed by atoms with Crippen LogP contribution in [0, 0.1) is 18.3 Å². The van der Waals surface area contributed by atoms with Crippen molar-refractivity contribution < 1.29 is 9.53 Å². The second kappa shape index (κ2) is 8.93. The summed E-state index contributed by atoms with van der Waals surface area (Å²) in [6.45, 7) is 3.67. The zero-order valence-electron chi connectivity index (χ0n) is 17.5. The molecule has 0 atom stereocenters. The van der Waals surface area contributed by atoms with Crippen molar-refractivity contribution in [2.45, 2.75) is 26.2 Å². The standard InChI is InChI=1S/C22H27N5O2/c1-15-16(10-11-20(28)29-4)21(24-12-7-13-26(2)3)27-19-9-6-5-8-18(19)25-22(27)17(15)14-23/h5-6,8-9,24H,7,10-13H2,1-4H3. The van der Waals surface area contributed by atoms with E-state index in [0.29, 0.717) is 17.6 Å². The van der Waals surface area contributed by atoms with E-state index in [2.05, 4.69) is 30.4 Å². The molecule has 0 radical (unpaired) electrons. The van der Waals surface area contributed by atoms with Gasteiger partial charge in [-0.15, -0.1) is 0 Å². The molecule has 0 unspecified atom stereocenters. The second-order valence-electron chi connectivity index (χ2n) is 7.36. The molecule has 0 saturated carbocycles. The first kappa shape index (κ1) is 20.6. The fourth-order valence-electron chi connectivity index (χ4n) is 3.61. The van der Waals surface area contributed by atoms with Crippen LogP contribution < -0.4 is 5.32 Å². The maximum atomic E-state index is 11.8. The summed E-state index contributed by atoms with van der Waals surface area (Å²) in [5.74, 6) is 0.630. The zero-order chi connectivity index (χ0) is 21.0. The minimum Gasteiger partial charge on any atom is -0.469 e. The summed E-state index contributed by atoms with van der Waals surface area (Å²) in [7, 11) is 5.49. The Kier molecular flexibility index (Phi) is 6.35. The van der Waals surface area contributed by atoms with Crippen LogP contribution in [0.2, 0.25) is 0 Å². The van der Waals surface area contributed by atoms with Crippen LogP contribution in [-0.4, -0.2) is 54.5 Å². The first-order chi connectivity index (χ1) is 14.0. The largest absolute Gasteiger partial charge is 0.469 e. The number of anilines is 1. The highest BCUT2D eigenvalue weighted by molar-refractivity contribution is 5.86. The smallest absolute Gasteiger partial charge is 0.305 e. The summed E-state index contributed by atoms with van der Waals surface area (Å²) in [5, 5.41) is 13.4. The summed E-state index contributed by atoms with van der Waals surface area (Å²) in [6.07, 6.45) is 1.72. The highest BCUT2D eigenvalue weighted by Crippen LogP contribution is 2.31. The number of esters is 1. The third kappa shape index (κ3) is 4.17. The van der Waals surface area contributed by atoms with Gasteiger partial charge < -0.3 is 15.0 Å². The molecule has 0 saturated heterocycles. The number of hydrogen-bond acceptors (Lipinski definition) is 6. The number of carbonyl (C=O) groups is 1. The van der Waals surface area contributed by atoms with Gasteiger partial charge in [-0.25, -0.2) is 4.98 Å². The van der Waals surface area contributed by atoms with Crippen molar-refractivity contribution >= 4 is 28.5 Å². The first-order valence-electron chi connectivity index (χ1n) is 9.76. The fraction of sp³-hybridized carbons (Fsp3) is 0.409. The molecule has 0 fully saturated rings. The van der Waals surface area contributed by atoms with E-state index in [1.807, 2.05) is 35.6 Å². The Labute approximate surface area is 170 Å². The normalized spacial score (nSPS) is 11.2. The molecule has 0 aliphatic rings. The van der Waals surface area contributed by atoms with E-state index >= 15 is 0 Å². The average molecular weight is 393 g/mol. The molecule has 0 aliphatic carbocycles. The lowest BCUT2D eigenvalue weighted by molar-refractivity contribution is -0.140. The summed E-state index contributed by atoms with van der Waals surface area (Å²) < 4.78 is 6.84. The van der Waals surface area contributed by atoms with Crippen LogP contribution in [0.3, 0.4) is 0 Å². The van der Waals surface area contributed by atoms with Gasteiger partial charge in [-0.1, -0.05) is 12.1 Å². The van der Waals surface area contributed by atoms with E-state index in [1.165, 1.54) is 7.11 Å². The van der Waals surface area contributed by atoms with Crippen LogP contribution in [0.1, 0.15) is 29.5 Å². The van der Waals surface area contributed by atoms with Crippen molar-refractivity contribution in [2.75, 3.05) is 39.6 Å². The van der Waals surface area contributed by atoms with Gasteiger partial charge in [0.1, 0.15) is 11.9 Å². The van der Waals surface area contributed by atoms with Crippen molar-refractivity contribution in [1.29, 1.82) is 5.26 Å². The summed E-state index contributed by atoms with van der Waals surface area (Å²) in [6, 6.07) is 10.2. The molecule has 0 bridgehead atoms. The van der Waals surface area contributed by atoms with Gasteiger partial charge in [0.25, 0.3) is 0 Å². The topological polar surface area (TPSA) is 82.7 Å². The van der Waals surface area contributed by atoms with Crippen LogP contribution in [0.4, 0.5) is 5.82 Å². The highest BCUT2D eigenvalue weighted by atomic mass is 16.5. The molecule has 29 heavy (non-hydrogen) atoms. The van der Waals surface area contributed by atoms with Crippen molar-refractivity contribution in [1.82, 2.24) is 14.3 Å². The van der Waals surface area contributed by atoms with Gasteiger partial charge in [-0.2, -0.15) is 5.26 Å². The number of nitriles is 1. The lowest BCUT2D eigenvalue weighted by atomic mass is 10.00. The van der Waals surface area contributed by atoms with Crippen molar-refractivity contribution in [3.63, 3.8) is 0 Å². The SMILES string of the molecule is COC(=O)CCc1c(C)c(C#N)c2nc3ccccc3n2c1NCCCN(C)C. The Hall–Kier alpha value is -3.11. The summed E-state index contributed by atoms with van der Waals surface area (Å²) >= 11 is 0. The molecule has 1 aromatic carbocycles. The molecule has 0 aliphatic heterocycles. The molecule has 7 nitrogen and oxygen atoms in total. The molecule has 7 heteroatoms. The van der Waals surface area contributed by atoms with Crippen molar-refractivity contribution in [3.05, 3.63) is 41.0 Å². The van der Waals surface area contributed by atoms with Crippen molar-refractivity contribution in [2.24, 2.45) is 0 Å². The Morgan fingerprint density at radius 2 is 2.10 bits per heavy atom. The molecule has 3 aromatic rings. The van der Waals surface area contributed by atoms with Gasteiger partial charge in [-0.05, 0) is 63.7 Å². The molecule has 2 heterocycles. The van der Waals surface area contributed by atoms with E-state index in [0.717, 1.165) is 47.5 Å². The maximum Gasteiger partial charge on any atom is 0.305 e. The first-order valence-corrected chi connectivity index (χ1v) is 9.76. The van der Waals surface area contributed by atoms with Crippen molar-refractivity contribution in [3.8, 4) is 6.07 Å². The monoisotopic (exact) mass is 393 g/mol. The lowest BCUT2D eigenvalue weighted by Gasteiger charge is -2.19. The molecule has 3 rings (SSSR count). The third-order valence-corrected chi connectivity index (χ3v) is 5.11. The van der Waals surface area contributed by atoms with E-state index in [-0.39, 0.29) is 12.4 Å². The number of benzene rings is 1. The molecule has 1 N–H and O–H groups in total. The predicted octanol–water partition coefficient (Wildman–Crippen LogP) is 3.14. The number of nitrogens with zero attached hydrogens (tertiary/aromatic N) is 4.